The van der Waals surface area contributed by atoms with Crippen molar-refractivity contribution in [2.75, 3.05) is 7.11 Å². The van der Waals surface area contributed by atoms with Crippen LogP contribution in [0.3, 0.4) is 0 Å². The Hall–Kier alpha value is -4.19. The number of hydrogen-bond acceptors (Lipinski definition) is 8. The van der Waals surface area contributed by atoms with Gasteiger partial charge in [-0.05, 0) is 24.1 Å². The van der Waals surface area contributed by atoms with Crippen LogP contribution in [-0.2, 0) is 20.0 Å². The molecule has 0 spiro atoms. The highest BCUT2D eigenvalue weighted by molar-refractivity contribution is 5.90. The van der Waals surface area contributed by atoms with E-state index in [0.717, 1.165) is 0 Å². The van der Waals surface area contributed by atoms with E-state index in [4.69, 9.17) is 19.6 Å². The number of esters is 1. The second-order valence-electron chi connectivity index (χ2n) is 7.99. The molecule has 4 atom stereocenters. The summed E-state index contributed by atoms with van der Waals surface area (Å²) < 4.78 is 17.2. The van der Waals surface area contributed by atoms with E-state index in [1.807, 2.05) is 25.1 Å². The molecule has 0 aliphatic carbocycles. The van der Waals surface area contributed by atoms with Crippen molar-refractivity contribution in [3.8, 4) is 18.2 Å². The van der Waals surface area contributed by atoms with Gasteiger partial charge in [0.05, 0.1) is 36.8 Å². The molecule has 2 aromatic rings. The van der Waals surface area contributed by atoms with E-state index >= 15 is 0 Å². The van der Waals surface area contributed by atoms with Crippen molar-refractivity contribution in [2.24, 2.45) is 16.7 Å². The highest BCUT2D eigenvalue weighted by atomic mass is 16.7. The number of nitrogens with one attached hydrogen (secondary N) is 1. The van der Waals surface area contributed by atoms with Crippen LogP contribution in [0.5, 0.6) is 0 Å². The van der Waals surface area contributed by atoms with Gasteiger partial charge in [0.1, 0.15) is 6.10 Å². The van der Waals surface area contributed by atoms with Gasteiger partial charge in [0.25, 0.3) is 0 Å². The van der Waals surface area contributed by atoms with Crippen molar-refractivity contribution in [3.63, 3.8) is 0 Å². The van der Waals surface area contributed by atoms with Gasteiger partial charge in [-0.15, -0.1) is 0 Å². The van der Waals surface area contributed by atoms with E-state index in [0.29, 0.717) is 17.5 Å². The minimum atomic E-state index is -2.07. The first kappa shape index (κ1) is 22.0. The molecular weight excluding hydrogens is 420 g/mol. The molecule has 2 heterocycles. The van der Waals surface area contributed by atoms with Gasteiger partial charge in [0, 0.05) is 5.56 Å². The van der Waals surface area contributed by atoms with Crippen molar-refractivity contribution >= 4 is 11.9 Å². The van der Waals surface area contributed by atoms with Crippen molar-refractivity contribution in [1.82, 2.24) is 0 Å². The lowest BCUT2D eigenvalue weighted by molar-refractivity contribution is -0.292. The third kappa shape index (κ3) is 2.64. The monoisotopic (exact) mass is 440 g/mol. The van der Waals surface area contributed by atoms with Gasteiger partial charge < -0.3 is 14.2 Å². The van der Waals surface area contributed by atoms with Gasteiger partial charge >= 0.3 is 5.97 Å². The third-order valence-corrected chi connectivity index (χ3v) is 6.65. The molecule has 2 bridgehead atoms. The first-order valence-electron chi connectivity index (χ1n) is 10.3. The van der Waals surface area contributed by atoms with E-state index in [-0.39, 0.29) is 5.56 Å². The zero-order chi connectivity index (χ0) is 23.9. The first-order chi connectivity index (χ1) is 15.9. The number of hydrogen-bond donors (Lipinski definition) is 1. The lowest BCUT2D eigenvalue weighted by atomic mass is 9.52. The Morgan fingerprint density at radius 1 is 1.06 bits per heavy atom. The molecule has 0 aromatic heterocycles. The number of carbonyl (C=O) groups excluding carboxylic acids is 1. The molecule has 8 nitrogen and oxygen atoms in total. The molecule has 2 aliphatic rings. The zero-order valence-corrected chi connectivity index (χ0v) is 18.0. The molecule has 4 rings (SSSR count). The molecule has 2 saturated heterocycles. The Morgan fingerprint density at radius 2 is 1.70 bits per heavy atom. The van der Waals surface area contributed by atoms with Gasteiger partial charge in [0.15, 0.2) is 5.41 Å². The number of rotatable bonds is 4. The van der Waals surface area contributed by atoms with Crippen LogP contribution in [-0.4, -0.2) is 19.0 Å². The Bertz CT molecular complexity index is 1220. The Kier molecular flexibility index (Phi) is 5.17. The molecule has 4 unspecified atom stereocenters. The fourth-order valence-electron chi connectivity index (χ4n) is 5.12. The van der Waals surface area contributed by atoms with Crippen LogP contribution in [0.1, 0.15) is 40.9 Å². The maximum Gasteiger partial charge on any atom is 0.337 e. The SMILES string of the molecule is CCC1C2(c3ccccc3)OC(=N)C1(C#N)C(C#N)(C#N)C(c1ccc(C(=O)OC)cc1)O2. The topological polar surface area (TPSA) is 140 Å². The van der Waals surface area contributed by atoms with E-state index in [1.54, 1.807) is 36.4 Å². The van der Waals surface area contributed by atoms with Gasteiger partial charge in [0.2, 0.25) is 17.1 Å². The van der Waals surface area contributed by atoms with E-state index in [9.17, 15) is 20.6 Å². The normalized spacial score (nSPS) is 29.1. The number of ether oxygens (including phenoxy) is 3. The standard InChI is InChI=1S/C25H20N4O4/c1-3-19-24(15-28)22(29)33-25(19,18-7-5-4-6-8-18)32-20(23(24,13-26)14-27)16-9-11-17(12-10-16)21(30)31-2/h4-12,19-20,29H,3H2,1-2H3. The van der Waals surface area contributed by atoms with E-state index in [2.05, 4.69) is 6.07 Å². The van der Waals surface area contributed by atoms with Crippen molar-refractivity contribution in [2.45, 2.75) is 25.2 Å². The van der Waals surface area contributed by atoms with Crippen LogP contribution in [0.15, 0.2) is 54.6 Å². The van der Waals surface area contributed by atoms with Crippen molar-refractivity contribution in [1.29, 1.82) is 21.2 Å². The fraction of sp³-hybridized carbons (Fsp3) is 0.320. The summed E-state index contributed by atoms with van der Waals surface area (Å²) in [5.74, 6) is -3.32. The predicted molar refractivity (Wildman–Crippen MR) is 114 cm³/mol. The Labute approximate surface area is 191 Å². The summed E-state index contributed by atoms with van der Waals surface area (Å²) >= 11 is 0. The minimum absolute atomic E-state index is 0.280. The van der Waals surface area contributed by atoms with Crippen molar-refractivity contribution < 1.29 is 19.0 Å². The van der Waals surface area contributed by atoms with Crippen LogP contribution in [0.4, 0.5) is 0 Å². The second-order valence-corrected chi connectivity index (χ2v) is 7.99. The van der Waals surface area contributed by atoms with Crippen LogP contribution in [0.2, 0.25) is 0 Å². The highest BCUT2D eigenvalue weighted by Crippen LogP contribution is 2.69. The molecule has 164 valence electrons. The maximum atomic E-state index is 11.9. The van der Waals surface area contributed by atoms with Gasteiger partial charge in [-0.3, -0.25) is 5.41 Å². The average molecular weight is 440 g/mol. The molecular formula is C25H20N4O4. The molecule has 1 N–H and O–H groups in total. The number of nitrogens with zero attached hydrogens (tertiary/aromatic N) is 3. The predicted octanol–water partition coefficient (Wildman–Crippen LogP) is 3.97. The summed E-state index contributed by atoms with van der Waals surface area (Å²) in [6.07, 6.45) is -0.908. The molecule has 0 amide bonds. The van der Waals surface area contributed by atoms with E-state index in [1.165, 1.54) is 19.2 Å². The van der Waals surface area contributed by atoms with Gasteiger partial charge in [-0.1, -0.05) is 49.4 Å². The minimum Gasteiger partial charge on any atom is -0.465 e. The number of nitriles is 3. The number of carbonyl (C=O) groups is 1. The lowest BCUT2D eigenvalue weighted by Gasteiger charge is -2.49. The first-order valence-corrected chi connectivity index (χ1v) is 10.3. The molecule has 33 heavy (non-hydrogen) atoms. The van der Waals surface area contributed by atoms with E-state index < -0.39 is 40.5 Å². The number of benzene rings is 2. The summed E-state index contributed by atoms with van der Waals surface area (Å²) in [7, 11) is 1.27. The smallest absolute Gasteiger partial charge is 0.337 e. The highest BCUT2D eigenvalue weighted by Gasteiger charge is 2.80. The Balaban J connectivity index is 1.99. The van der Waals surface area contributed by atoms with Gasteiger partial charge in [-0.25, -0.2) is 4.79 Å². The van der Waals surface area contributed by atoms with Gasteiger partial charge in [-0.2, -0.15) is 15.8 Å². The van der Waals surface area contributed by atoms with Crippen LogP contribution in [0, 0.1) is 56.2 Å². The molecule has 0 saturated carbocycles. The second kappa shape index (κ2) is 7.74. The number of methoxy groups -OCH3 is 1. The van der Waals surface area contributed by atoms with Crippen LogP contribution in [0.25, 0.3) is 0 Å². The molecule has 8 heteroatoms. The largest absolute Gasteiger partial charge is 0.465 e. The van der Waals surface area contributed by atoms with Crippen molar-refractivity contribution in [3.05, 3.63) is 71.3 Å². The fourth-order valence-corrected chi connectivity index (χ4v) is 5.12. The molecule has 2 aromatic carbocycles. The number of fused-ring (bicyclic) bond motifs is 2. The molecule has 2 aliphatic heterocycles. The van der Waals surface area contributed by atoms with Crippen LogP contribution < -0.4 is 0 Å². The lowest BCUT2D eigenvalue weighted by Crippen LogP contribution is -2.58. The summed E-state index contributed by atoms with van der Waals surface area (Å²) in [4.78, 5) is 11.9. The molecule has 2 fully saturated rings. The quantitative estimate of drug-likeness (QED) is 0.709. The average Bonchev–Trinajstić information content (AvgIpc) is 3.07. The summed E-state index contributed by atoms with van der Waals surface area (Å²) in [6, 6.07) is 21.2. The summed E-state index contributed by atoms with van der Waals surface area (Å²) in [5.41, 5.74) is -2.67. The summed E-state index contributed by atoms with van der Waals surface area (Å²) in [5, 5.41) is 39.7. The molecule has 0 radical (unpaired) electrons. The third-order valence-electron chi connectivity index (χ3n) is 6.65. The maximum absolute atomic E-state index is 11.9. The van der Waals surface area contributed by atoms with Crippen LogP contribution >= 0.6 is 0 Å². The zero-order valence-electron chi connectivity index (χ0n) is 18.0. The summed E-state index contributed by atoms with van der Waals surface area (Å²) in [6.45, 7) is 1.81. The Morgan fingerprint density at radius 3 is 2.21 bits per heavy atom.